The Morgan fingerprint density at radius 2 is 1.78 bits per heavy atom. The first kappa shape index (κ1) is 24.9. The van der Waals surface area contributed by atoms with Gasteiger partial charge in [-0.15, -0.1) is 0 Å². The molecule has 0 aromatic heterocycles. The number of hydrogen-bond acceptors (Lipinski definition) is 7. The third-order valence-electron chi connectivity index (χ3n) is 3.59. The lowest BCUT2D eigenvalue weighted by Gasteiger charge is -2.23. The number of carboxylic acids is 1. The van der Waals surface area contributed by atoms with Gasteiger partial charge in [0.15, 0.2) is 12.0 Å². The largest absolute Gasteiger partial charge is 0.480 e. The molecule has 11 nitrogen and oxygen atoms in total. The molecule has 27 heavy (non-hydrogen) atoms. The second-order valence-corrected chi connectivity index (χ2v) is 6.95. The second-order valence-electron chi connectivity index (χ2n) is 5.96. The minimum Gasteiger partial charge on any atom is -0.480 e. The normalized spacial score (nSPS) is 15.1. The fourth-order valence-corrected chi connectivity index (χ4v) is 2.56. The first-order valence-corrected chi connectivity index (χ1v) is 9.81. The summed E-state index contributed by atoms with van der Waals surface area (Å²) in [5, 5.41) is 23.3. The Kier molecular flexibility index (Phi) is 12.2. The summed E-state index contributed by atoms with van der Waals surface area (Å²) in [6, 6.07) is -3.33. The Morgan fingerprint density at radius 3 is 2.26 bits per heavy atom. The summed E-state index contributed by atoms with van der Waals surface area (Å²) in [7, 11) is 0. The number of rotatable bonds is 13. The Bertz CT molecular complexity index is 527. The van der Waals surface area contributed by atoms with Crippen molar-refractivity contribution < 1.29 is 24.6 Å². The van der Waals surface area contributed by atoms with E-state index in [0.29, 0.717) is 18.6 Å². The van der Waals surface area contributed by atoms with Crippen LogP contribution in [0.25, 0.3) is 0 Å². The monoisotopic (exact) mass is 406 g/mol. The minimum absolute atomic E-state index is 0.0980. The zero-order valence-corrected chi connectivity index (χ0v) is 16.4. The maximum absolute atomic E-state index is 12.4. The first-order valence-electron chi connectivity index (χ1n) is 8.41. The number of thioether (sulfide) groups is 1. The van der Waals surface area contributed by atoms with Crippen molar-refractivity contribution in [3.05, 3.63) is 0 Å². The highest BCUT2D eigenvalue weighted by Crippen LogP contribution is 2.04. The van der Waals surface area contributed by atoms with Crippen molar-refractivity contribution in [2.45, 2.75) is 50.4 Å². The number of aliphatic imine (C=N–C) groups is 1. The van der Waals surface area contributed by atoms with E-state index < -0.39 is 42.0 Å². The molecule has 156 valence electrons. The van der Waals surface area contributed by atoms with Gasteiger partial charge in [-0.05, 0) is 38.2 Å². The summed E-state index contributed by atoms with van der Waals surface area (Å²) < 4.78 is 0. The van der Waals surface area contributed by atoms with E-state index in [-0.39, 0.29) is 18.9 Å². The lowest BCUT2D eigenvalue weighted by Crippen LogP contribution is -2.56. The molecule has 0 heterocycles. The van der Waals surface area contributed by atoms with Crippen LogP contribution >= 0.6 is 11.8 Å². The zero-order chi connectivity index (χ0) is 21.0. The van der Waals surface area contributed by atoms with E-state index >= 15 is 0 Å². The molecule has 0 aliphatic heterocycles. The molecule has 2 amide bonds. The number of amides is 2. The predicted molar refractivity (Wildman–Crippen MR) is 104 cm³/mol. The van der Waals surface area contributed by atoms with Gasteiger partial charge in [0.1, 0.15) is 6.04 Å². The quantitative estimate of drug-likeness (QED) is 0.0983. The van der Waals surface area contributed by atoms with E-state index in [1.165, 1.54) is 18.7 Å². The van der Waals surface area contributed by atoms with Crippen LogP contribution in [-0.4, -0.2) is 76.7 Å². The number of nitrogens with one attached hydrogen (secondary N) is 2. The maximum atomic E-state index is 12.4. The highest BCUT2D eigenvalue weighted by molar-refractivity contribution is 7.98. The highest BCUT2D eigenvalue weighted by Gasteiger charge is 2.30. The molecular formula is C15H30N6O5S. The molecule has 0 aromatic rings. The molecule has 0 aromatic carbocycles. The van der Waals surface area contributed by atoms with E-state index in [2.05, 4.69) is 15.6 Å². The number of carbonyl (C=O) groups is 3. The Balaban J connectivity index is 5.04. The maximum Gasteiger partial charge on any atom is 0.328 e. The van der Waals surface area contributed by atoms with Crippen LogP contribution in [0.5, 0.6) is 0 Å². The van der Waals surface area contributed by atoms with Crippen molar-refractivity contribution in [1.29, 1.82) is 0 Å². The average molecular weight is 407 g/mol. The van der Waals surface area contributed by atoms with E-state index in [9.17, 15) is 19.5 Å². The number of nitrogens with zero attached hydrogens (tertiary/aromatic N) is 1. The summed E-state index contributed by atoms with van der Waals surface area (Å²) in [5.74, 6) is -2.06. The molecule has 0 unspecified atom stereocenters. The van der Waals surface area contributed by atoms with Gasteiger partial charge in [-0.1, -0.05) is 0 Å². The van der Waals surface area contributed by atoms with Gasteiger partial charge in [-0.3, -0.25) is 14.6 Å². The van der Waals surface area contributed by atoms with E-state index in [1.54, 1.807) is 0 Å². The van der Waals surface area contributed by atoms with Crippen LogP contribution < -0.4 is 27.8 Å². The average Bonchev–Trinajstić information content (AvgIpc) is 2.58. The molecule has 0 aliphatic rings. The number of aliphatic hydroxyl groups excluding tert-OH is 1. The van der Waals surface area contributed by atoms with Crippen LogP contribution in [0.4, 0.5) is 0 Å². The lowest BCUT2D eigenvalue weighted by atomic mass is 10.1. The first-order chi connectivity index (χ1) is 12.6. The topological polar surface area (TPSA) is 206 Å². The highest BCUT2D eigenvalue weighted by atomic mass is 32.2. The number of aliphatic hydroxyl groups is 1. The third kappa shape index (κ3) is 10.6. The Labute approximate surface area is 162 Å². The summed E-state index contributed by atoms with van der Waals surface area (Å²) in [6.45, 7) is 1.48. The van der Waals surface area contributed by atoms with Gasteiger partial charge in [0.25, 0.3) is 0 Å². The lowest BCUT2D eigenvalue weighted by molar-refractivity contribution is -0.145. The number of carbonyl (C=O) groups excluding carboxylic acids is 2. The van der Waals surface area contributed by atoms with Crippen molar-refractivity contribution in [3.63, 3.8) is 0 Å². The van der Waals surface area contributed by atoms with E-state index in [0.717, 1.165) is 0 Å². The molecule has 12 heteroatoms. The fourth-order valence-electron chi connectivity index (χ4n) is 2.07. The second kappa shape index (κ2) is 13.2. The summed E-state index contributed by atoms with van der Waals surface area (Å²) >= 11 is 1.54. The molecule has 0 spiro atoms. The van der Waals surface area contributed by atoms with Gasteiger partial charge in [0.2, 0.25) is 11.8 Å². The summed E-state index contributed by atoms with van der Waals surface area (Å²) in [5.41, 5.74) is 16.3. The molecular weight excluding hydrogens is 376 g/mol. The molecule has 10 N–H and O–H groups in total. The molecule has 0 saturated carbocycles. The predicted octanol–water partition coefficient (Wildman–Crippen LogP) is -2.44. The van der Waals surface area contributed by atoms with E-state index in [1.807, 2.05) is 6.26 Å². The van der Waals surface area contributed by atoms with Gasteiger partial charge in [0.05, 0.1) is 12.1 Å². The number of aliphatic carboxylic acids is 1. The summed E-state index contributed by atoms with van der Waals surface area (Å²) in [4.78, 5) is 39.6. The smallest absolute Gasteiger partial charge is 0.328 e. The van der Waals surface area contributed by atoms with E-state index in [4.69, 9.17) is 22.3 Å². The van der Waals surface area contributed by atoms with Crippen LogP contribution in [0.15, 0.2) is 4.99 Å². The van der Waals surface area contributed by atoms with Crippen molar-refractivity contribution in [3.8, 4) is 0 Å². The summed E-state index contributed by atoms with van der Waals surface area (Å²) in [6.07, 6.45) is 1.53. The fraction of sp³-hybridized carbons (Fsp3) is 0.733. The van der Waals surface area contributed by atoms with Crippen LogP contribution in [0.1, 0.15) is 26.2 Å². The van der Waals surface area contributed by atoms with Gasteiger partial charge in [-0.25, -0.2) is 4.79 Å². The van der Waals surface area contributed by atoms with Crippen LogP contribution in [0, 0.1) is 0 Å². The van der Waals surface area contributed by atoms with Crippen molar-refractivity contribution in [2.24, 2.45) is 22.2 Å². The van der Waals surface area contributed by atoms with Crippen LogP contribution in [-0.2, 0) is 14.4 Å². The molecule has 0 rings (SSSR count). The molecule has 4 atom stereocenters. The molecule has 0 fully saturated rings. The molecule has 0 saturated heterocycles. The SMILES string of the molecule is CSCC[C@H](N)C(=O)N[C@@H](CCCN=C(N)N)C(=O)N[C@H](C(=O)O)[C@@H](C)O. The molecule has 0 aliphatic carbocycles. The van der Waals surface area contributed by atoms with Gasteiger partial charge >= 0.3 is 5.97 Å². The number of carboxylic acid groups (broad SMARTS) is 1. The van der Waals surface area contributed by atoms with Crippen molar-refractivity contribution >= 4 is 35.5 Å². The van der Waals surface area contributed by atoms with Crippen LogP contribution in [0.3, 0.4) is 0 Å². The third-order valence-corrected chi connectivity index (χ3v) is 4.24. The zero-order valence-electron chi connectivity index (χ0n) is 15.6. The molecule has 0 bridgehead atoms. The molecule has 0 radical (unpaired) electrons. The number of nitrogens with two attached hydrogens (primary N) is 3. The number of hydrogen-bond donors (Lipinski definition) is 7. The van der Waals surface area contributed by atoms with Gasteiger partial charge in [0, 0.05) is 6.54 Å². The Morgan fingerprint density at radius 1 is 1.15 bits per heavy atom. The van der Waals surface area contributed by atoms with Crippen LogP contribution in [0.2, 0.25) is 0 Å². The standard InChI is InChI=1S/C15H30N6O5S/c1-8(22)11(14(25)26)21-13(24)10(4-3-6-19-15(17)18)20-12(23)9(16)5-7-27-2/h8-11,22H,3-7,16H2,1-2H3,(H,20,23)(H,21,24)(H,25,26)(H4,17,18,19)/t8-,9+,10+,11+/m1/s1. The van der Waals surface area contributed by atoms with Crippen molar-refractivity contribution in [1.82, 2.24) is 10.6 Å². The van der Waals surface area contributed by atoms with Crippen molar-refractivity contribution in [2.75, 3.05) is 18.6 Å². The minimum atomic E-state index is -1.50. The Hall–Kier alpha value is -2.05. The number of guanidine groups is 1. The van der Waals surface area contributed by atoms with Gasteiger partial charge in [-0.2, -0.15) is 11.8 Å². The van der Waals surface area contributed by atoms with Gasteiger partial charge < -0.3 is 38.0 Å².